The summed E-state index contributed by atoms with van der Waals surface area (Å²) in [4.78, 5) is 7.36. The average Bonchev–Trinajstić information content (AvgIpc) is 2.92. The maximum absolute atomic E-state index is 9.89. The first-order valence-electron chi connectivity index (χ1n) is 5.78. The molecule has 0 saturated carbocycles. The molecule has 1 fully saturated rings. The van der Waals surface area contributed by atoms with Gasteiger partial charge in [0.1, 0.15) is 30.2 Å². The van der Waals surface area contributed by atoms with Crippen LogP contribution in [0.25, 0.3) is 11.0 Å². The zero-order valence-electron chi connectivity index (χ0n) is 9.52. The highest BCUT2D eigenvalue weighted by atomic mass is 16.6. The molecule has 4 N–H and O–H groups in total. The number of hydrogen-bond acceptors (Lipinski definition) is 5. The summed E-state index contributed by atoms with van der Waals surface area (Å²) in [7, 11) is 0. The van der Waals surface area contributed by atoms with Crippen LogP contribution in [0.5, 0.6) is 0 Å². The molecule has 1 saturated heterocycles. The normalized spacial score (nSPS) is 32.2. The summed E-state index contributed by atoms with van der Waals surface area (Å²) < 4.78 is 5.41. The van der Waals surface area contributed by atoms with E-state index in [2.05, 4.69) is 9.97 Å². The number of H-pyrrole nitrogens is 1. The van der Waals surface area contributed by atoms with Crippen molar-refractivity contribution >= 4 is 11.0 Å². The third kappa shape index (κ3) is 1.70. The van der Waals surface area contributed by atoms with Crippen molar-refractivity contribution in [1.29, 1.82) is 0 Å². The number of benzene rings is 1. The SMILES string of the molecule is OC[C@H]1O[C@@H](c2nc3ccccc3[nH]2)[C@H](O)[C@@H]1O. The monoisotopic (exact) mass is 250 g/mol. The number of aliphatic hydroxyl groups is 3. The van der Waals surface area contributed by atoms with Crippen LogP contribution in [0.2, 0.25) is 0 Å². The van der Waals surface area contributed by atoms with E-state index in [1.807, 2.05) is 24.3 Å². The lowest BCUT2D eigenvalue weighted by molar-refractivity contribution is -0.0249. The Kier molecular flexibility index (Phi) is 2.79. The van der Waals surface area contributed by atoms with Crippen molar-refractivity contribution in [3.63, 3.8) is 0 Å². The van der Waals surface area contributed by atoms with Crippen LogP contribution >= 0.6 is 0 Å². The Morgan fingerprint density at radius 2 is 2.00 bits per heavy atom. The van der Waals surface area contributed by atoms with Gasteiger partial charge in [0.05, 0.1) is 17.6 Å². The second kappa shape index (κ2) is 4.33. The molecule has 0 radical (unpaired) electrons. The Bertz CT molecular complexity index is 523. The molecule has 0 bridgehead atoms. The molecule has 0 spiro atoms. The minimum atomic E-state index is -1.10. The second-order valence-electron chi connectivity index (χ2n) is 4.40. The minimum absolute atomic E-state index is 0.338. The van der Waals surface area contributed by atoms with E-state index >= 15 is 0 Å². The van der Waals surface area contributed by atoms with Gasteiger partial charge in [-0.1, -0.05) is 12.1 Å². The average molecular weight is 250 g/mol. The van der Waals surface area contributed by atoms with Gasteiger partial charge < -0.3 is 25.0 Å². The van der Waals surface area contributed by atoms with Crippen molar-refractivity contribution in [3.8, 4) is 0 Å². The summed E-state index contributed by atoms with van der Waals surface area (Å²) in [6, 6.07) is 7.45. The molecule has 1 aliphatic rings. The van der Waals surface area contributed by atoms with Crippen molar-refractivity contribution in [1.82, 2.24) is 9.97 Å². The van der Waals surface area contributed by atoms with Gasteiger partial charge in [-0.2, -0.15) is 0 Å². The summed E-state index contributed by atoms with van der Waals surface area (Å²) in [5, 5.41) is 28.6. The van der Waals surface area contributed by atoms with Crippen LogP contribution in [0.4, 0.5) is 0 Å². The molecule has 1 aromatic carbocycles. The van der Waals surface area contributed by atoms with E-state index in [-0.39, 0.29) is 6.61 Å². The largest absolute Gasteiger partial charge is 0.394 e. The molecule has 96 valence electrons. The molecule has 0 amide bonds. The molecule has 0 aliphatic carbocycles. The third-order valence-electron chi connectivity index (χ3n) is 3.22. The smallest absolute Gasteiger partial charge is 0.144 e. The fourth-order valence-electron chi connectivity index (χ4n) is 2.23. The summed E-state index contributed by atoms with van der Waals surface area (Å²) >= 11 is 0. The number of nitrogens with one attached hydrogen (secondary N) is 1. The summed E-state index contributed by atoms with van der Waals surface area (Å²) in [5.41, 5.74) is 1.61. The minimum Gasteiger partial charge on any atom is -0.394 e. The van der Waals surface area contributed by atoms with Crippen LogP contribution in [-0.2, 0) is 4.74 Å². The van der Waals surface area contributed by atoms with Crippen molar-refractivity contribution in [2.24, 2.45) is 0 Å². The van der Waals surface area contributed by atoms with E-state index < -0.39 is 24.4 Å². The zero-order valence-corrected chi connectivity index (χ0v) is 9.52. The number of aromatic nitrogens is 2. The number of hydrogen-bond donors (Lipinski definition) is 4. The van der Waals surface area contributed by atoms with Gasteiger partial charge in [0.25, 0.3) is 0 Å². The molecule has 18 heavy (non-hydrogen) atoms. The molecule has 6 nitrogen and oxygen atoms in total. The van der Waals surface area contributed by atoms with Crippen molar-refractivity contribution in [2.75, 3.05) is 6.61 Å². The predicted molar refractivity (Wildman–Crippen MR) is 62.8 cm³/mol. The highest BCUT2D eigenvalue weighted by molar-refractivity contribution is 5.74. The van der Waals surface area contributed by atoms with Crippen LogP contribution < -0.4 is 0 Å². The number of aromatic amines is 1. The number of fused-ring (bicyclic) bond motifs is 1. The van der Waals surface area contributed by atoms with E-state index in [0.717, 1.165) is 11.0 Å². The van der Waals surface area contributed by atoms with E-state index in [9.17, 15) is 10.2 Å². The first-order chi connectivity index (χ1) is 8.70. The number of aliphatic hydroxyl groups excluding tert-OH is 3. The fourth-order valence-corrected chi connectivity index (χ4v) is 2.23. The Morgan fingerprint density at radius 1 is 1.22 bits per heavy atom. The van der Waals surface area contributed by atoms with E-state index in [1.165, 1.54) is 0 Å². The molecule has 1 aromatic heterocycles. The van der Waals surface area contributed by atoms with Crippen molar-refractivity contribution < 1.29 is 20.1 Å². The third-order valence-corrected chi connectivity index (χ3v) is 3.22. The maximum atomic E-state index is 9.89. The van der Waals surface area contributed by atoms with Gasteiger partial charge in [0.15, 0.2) is 0 Å². The first kappa shape index (κ1) is 11.6. The number of imidazole rings is 1. The Balaban J connectivity index is 1.95. The lowest BCUT2D eigenvalue weighted by atomic mass is 10.1. The molecule has 2 aromatic rings. The van der Waals surface area contributed by atoms with Crippen molar-refractivity contribution in [3.05, 3.63) is 30.1 Å². The number of nitrogens with zero attached hydrogens (tertiary/aromatic N) is 1. The van der Waals surface area contributed by atoms with Gasteiger partial charge >= 0.3 is 0 Å². The number of rotatable bonds is 2. The van der Waals surface area contributed by atoms with Crippen LogP contribution in [0.3, 0.4) is 0 Å². The predicted octanol–water partition coefficient (Wildman–Crippen LogP) is -0.283. The molecule has 2 heterocycles. The quantitative estimate of drug-likeness (QED) is 0.587. The maximum Gasteiger partial charge on any atom is 0.144 e. The lowest BCUT2D eigenvalue weighted by Crippen LogP contribution is -2.32. The van der Waals surface area contributed by atoms with E-state index in [1.54, 1.807) is 0 Å². The van der Waals surface area contributed by atoms with Crippen LogP contribution in [0.15, 0.2) is 24.3 Å². The number of para-hydroxylation sites is 2. The van der Waals surface area contributed by atoms with Crippen molar-refractivity contribution in [2.45, 2.75) is 24.4 Å². The zero-order chi connectivity index (χ0) is 12.7. The van der Waals surface area contributed by atoms with Gasteiger partial charge in [-0.3, -0.25) is 0 Å². The van der Waals surface area contributed by atoms with Gasteiger partial charge in [-0.15, -0.1) is 0 Å². The van der Waals surface area contributed by atoms with E-state index in [4.69, 9.17) is 9.84 Å². The van der Waals surface area contributed by atoms with Crippen LogP contribution in [0.1, 0.15) is 11.9 Å². The molecular formula is C12H14N2O4. The molecule has 1 aliphatic heterocycles. The highest BCUT2D eigenvalue weighted by Crippen LogP contribution is 2.32. The second-order valence-corrected chi connectivity index (χ2v) is 4.40. The molecular weight excluding hydrogens is 236 g/mol. The number of ether oxygens (including phenoxy) is 1. The van der Waals surface area contributed by atoms with Gasteiger partial charge in [0, 0.05) is 0 Å². The Labute approximate surface area is 103 Å². The molecule has 3 rings (SSSR count). The molecule has 6 heteroatoms. The fraction of sp³-hybridized carbons (Fsp3) is 0.417. The van der Waals surface area contributed by atoms with Gasteiger partial charge in [0.2, 0.25) is 0 Å². The highest BCUT2D eigenvalue weighted by Gasteiger charge is 2.44. The summed E-state index contributed by atoms with van der Waals surface area (Å²) in [6.45, 7) is -0.338. The van der Waals surface area contributed by atoms with Gasteiger partial charge in [-0.25, -0.2) is 4.98 Å². The lowest BCUT2D eigenvalue weighted by Gasteiger charge is -2.11. The van der Waals surface area contributed by atoms with Gasteiger partial charge in [-0.05, 0) is 12.1 Å². The standard InChI is InChI=1S/C12H14N2O4/c15-5-8-9(16)10(17)11(18-8)12-13-6-3-1-2-4-7(6)14-12/h1-4,8-11,15-17H,5H2,(H,13,14)/t8-,9-,10-,11-/m1/s1. The summed E-state index contributed by atoms with van der Waals surface area (Å²) in [5.74, 6) is 0.457. The van der Waals surface area contributed by atoms with Crippen LogP contribution in [0, 0.1) is 0 Å². The molecule has 4 atom stereocenters. The molecule has 0 unspecified atom stereocenters. The van der Waals surface area contributed by atoms with E-state index in [0.29, 0.717) is 5.82 Å². The first-order valence-corrected chi connectivity index (χ1v) is 5.78. The topological polar surface area (TPSA) is 98.6 Å². The Hall–Kier alpha value is -1.47. The Morgan fingerprint density at radius 3 is 2.67 bits per heavy atom. The summed E-state index contributed by atoms with van der Waals surface area (Å²) in [6.07, 6.45) is -3.72. The van der Waals surface area contributed by atoms with Crippen LogP contribution in [-0.4, -0.2) is 50.2 Å².